The summed E-state index contributed by atoms with van der Waals surface area (Å²) in [4.78, 5) is 28.7. The summed E-state index contributed by atoms with van der Waals surface area (Å²) in [7, 11) is 1.57. The molecule has 0 aliphatic heterocycles. The van der Waals surface area contributed by atoms with Crippen LogP contribution >= 0.6 is 0 Å². The Labute approximate surface area is 136 Å². The van der Waals surface area contributed by atoms with Gasteiger partial charge in [0, 0.05) is 32.7 Å². The zero-order valence-electron chi connectivity index (χ0n) is 14.4. The van der Waals surface area contributed by atoms with Crippen LogP contribution in [0.15, 0.2) is 20.6 Å². The van der Waals surface area contributed by atoms with Gasteiger partial charge in [-0.25, -0.2) is 4.79 Å². The molecule has 130 valence electrons. The monoisotopic (exact) mass is 325 g/mol. The van der Waals surface area contributed by atoms with Gasteiger partial charge in [0.15, 0.2) is 5.90 Å². The minimum atomic E-state index is -0.441. The molecule has 0 spiro atoms. The number of aliphatic imine (C=N–C) groups is 1. The van der Waals surface area contributed by atoms with Crippen LogP contribution in [0.4, 0.5) is 5.82 Å². The summed E-state index contributed by atoms with van der Waals surface area (Å²) in [5.41, 5.74) is -0.858. The average molecular weight is 325 g/mol. The fourth-order valence-electron chi connectivity index (χ4n) is 2.07. The van der Waals surface area contributed by atoms with Gasteiger partial charge < -0.3 is 9.84 Å². The maximum atomic E-state index is 12.3. The largest absolute Gasteiger partial charge is 0.478 e. The second kappa shape index (κ2) is 9.29. The van der Waals surface area contributed by atoms with E-state index in [1.54, 1.807) is 7.05 Å². The number of hydrogen-bond acceptors (Lipinski definition) is 5. The second-order valence-corrected chi connectivity index (χ2v) is 5.69. The summed E-state index contributed by atoms with van der Waals surface area (Å²) in [6.45, 7) is 6.02. The topological polar surface area (TPSA) is 85.8 Å². The maximum absolute atomic E-state index is 12.3. The van der Waals surface area contributed by atoms with Gasteiger partial charge in [-0.1, -0.05) is 13.3 Å². The van der Waals surface area contributed by atoms with E-state index in [2.05, 4.69) is 11.9 Å². The van der Waals surface area contributed by atoms with Crippen LogP contribution in [0.1, 0.15) is 46.5 Å². The molecule has 0 radical (unpaired) electrons. The molecule has 0 aliphatic carbocycles. The molecule has 0 atom stereocenters. The summed E-state index contributed by atoms with van der Waals surface area (Å²) in [5, 5.41) is 8.86. The zero-order valence-corrected chi connectivity index (χ0v) is 14.4. The van der Waals surface area contributed by atoms with Crippen molar-refractivity contribution >= 4 is 11.7 Å². The van der Waals surface area contributed by atoms with Gasteiger partial charge in [0.25, 0.3) is 5.56 Å². The Morgan fingerprint density at radius 3 is 2.61 bits per heavy atom. The zero-order chi connectivity index (χ0) is 17.4. The number of rotatable bonds is 8. The Kier molecular flexibility index (Phi) is 7.74. The lowest BCUT2D eigenvalue weighted by molar-refractivity contribution is 0.221. The van der Waals surface area contributed by atoms with E-state index < -0.39 is 11.2 Å². The summed E-state index contributed by atoms with van der Waals surface area (Å²) in [6, 6.07) is 1.33. The molecule has 7 heteroatoms. The van der Waals surface area contributed by atoms with Gasteiger partial charge in [-0.3, -0.25) is 13.9 Å². The van der Waals surface area contributed by atoms with Crippen LogP contribution in [0.5, 0.6) is 0 Å². The van der Waals surface area contributed by atoms with Gasteiger partial charge in [-0.2, -0.15) is 4.99 Å². The lowest BCUT2D eigenvalue weighted by Gasteiger charge is -2.14. The van der Waals surface area contributed by atoms with Crippen LogP contribution in [0.25, 0.3) is 0 Å². The molecule has 0 bridgehead atoms. The molecular weight excluding hydrogens is 298 g/mol. The molecule has 0 unspecified atom stereocenters. The summed E-state index contributed by atoms with van der Waals surface area (Å²) in [6.07, 6.45) is 2.93. The highest BCUT2D eigenvalue weighted by molar-refractivity contribution is 5.78. The summed E-state index contributed by atoms with van der Waals surface area (Å²) >= 11 is 0. The Hall–Kier alpha value is -1.89. The van der Waals surface area contributed by atoms with Gasteiger partial charge in [-0.15, -0.1) is 0 Å². The lowest BCUT2D eigenvalue weighted by Crippen LogP contribution is -2.38. The molecule has 0 saturated carbocycles. The molecular formula is C16H27N3O4. The second-order valence-electron chi connectivity index (χ2n) is 5.69. The summed E-state index contributed by atoms with van der Waals surface area (Å²) in [5.74, 6) is 0.816. The third-order valence-electron chi connectivity index (χ3n) is 3.28. The molecule has 7 nitrogen and oxygen atoms in total. The molecule has 1 aromatic heterocycles. The molecule has 1 aromatic rings. The molecule has 1 rings (SSSR count). The van der Waals surface area contributed by atoms with Crippen LogP contribution in [-0.2, 0) is 18.3 Å². The van der Waals surface area contributed by atoms with E-state index in [0.29, 0.717) is 18.7 Å². The minimum absolute atomic E-state index is 0.0208. The minimum Gasteiger partial charge on any atom is -0.478 e. The Bertz CT molecular complexity index is 644. The van der Waals surface area contributed by atoms with Gasteiger partial charge in [-0.05, 0) is 26.7 Å². The highest BCUT2D eigenvalue weighted by atomic mass is 16.5. The van der Waals surface area contributed by atoms with Crippen LogP contribution in [0, 0.1) is 0 Å². The van der Waals surface area contributed by atoms with Gasteiger partial charge >= 0.3 is 5.69 Å². The molecule has 0 saturated heterocycles. The fraction of sp³-hybridized carbons (Fsp3) is 0.688. The van der Waals surface area contributed by atoms with Crippen molar-refractivity contribution in [2.24, 2.45) is 12.0 Å². The van der Waals surface area contributed by atoms with E-state index in [1.807, 2.05) is 13.8 Å². The van der Waals surface area contributed by atoms with Crippen LogP contribution in [-0.4, -0.2) is 32.8 Å². The van der Waals surface area contributed by atoms with Crippen molar-refractivity contribution in [3.05, 3.63) is 26.9 Å². The molecule has 1 N–H and O–H groups in total. The lowest BCUT2D eigenvalue weighted by atomic mass is 10.2. The Morgan fingerprint density at radius 2 is 2.04 bits per heavy atom. The average Bonchev–Trinajstić information content (AvgIpc) is 2.49. The van der Waals surface area contributed by atoms with E-state index in [-0.39, 0.29) is 25.1 Å². The van der Waals surface area contributed by atoms with E-state index in [1.165, 1.54) is 10.6 Å². The van der Waals surface area contributed by atoms with Crippen molar-refractivity contribution in [2.75, 3.05) is 6.61 Å². The number of hydrogen-bond donors (Lipinski definition) is 1. The highest BCUT2D eigenvalue weighted by Crippen LogP contribution is 2.10. The van der Waals surface area contributed by atoms with E-state index >= 15 is 0 Å². The number of aliphatic hydroxyl groups excluding tert-OH is 1. The molecule has 1 heterocycles. The predicted molar refractivity (Wildman–Crippen MR) is 90.5 cm³/mol. The molecule has 0 fully saturated rings. The highest BCUT2D eigenvalue weighted by Gasteiger charge is 2.10. The number of ether oxygens (including phenoxy) is 1. The van der Waals surface area contributed by atoms with E-state index in [4.69, 9.17) is 9.84 Å². The number of aromatic nitrogens is 2. The van der Waals surface area contributed by atoms with Crippen molar-refractivity contribution < 1.29 is 9.84 Å². The standard InChI is InChI=1S/C16H27N3O4/c1-5-6-8-14(23-12(2)3)17-13-11-15(21)19(9-7-10-20)16(22)18(13)4/h11-12,20H,5-10H2,1-4H3/b17-14+. The van der Waals surface area contributed by atoms with Crippen molar-refractivity contribution in [1.82, 2.24) is 9.13 Å². The maximum Gasteiger partial charge on any atom is 0.332 e. The van der Waals surface area contributed by atoms with Gasteiger partial charge in [0.1, 0.15) is 5.82 Å². The van der Waals surface area contributed by atoms with Gasteiger partial charge in [0.05, 0.1) is 6.10 Å². The van der Waals surface area contributed by atoms with Crippen molar-refractivity contribution in [3.8, 4) is 0 Å². The Morgan fingerprint density at radius 1 is 1.35 bits per heavy atom. The normalized spacial score (nSPS) is 12.0. The van der Waals surface area contributed by atoms with Crippen molar-refractivity contribution in [2.45, 2.75) is 59.1 Å². The first-order chi connectivity index (χ1) is 10.9. The number of aliphatic hydroxyl groups is 1. The van der Waals surface area contributed by atoms with E-state index in [9.17, 15) is 9.59 Å². The number of unbranched alkanes of at least 4 members (excludes halogenated alkanes) is 1. The molecule has 0 aromatic carbocycles. The molecule has 0 amide bonds. The SMILES string of the molecule is CCCC/C(=N\c1cc(=O)n(CCCO)c(=O)n1C)OC(C)C. The predicted octanol–water partition coefficient (Wildman–Crippen LogP) is 1.57. The van der Waals surface area contributed by atoms with Gasteiger partial charge in [0.2, 0.25) is 0 Å². The third kappa shape index (κ3) is 5.67. The first-order valence-corrected chi connectivity index (χ1v) is 8.06. The fourth-order valence-corrected chi connectivity index (χ4v) is 2.07. The first kappa shape index (κ1) is 19.2. The molecule has 23 heavy (non-hydrogen) atoms. The molecule has 0 aliphatic rings. The van der Waals surface area contributed by atoms with Crippen molar-refractivity contribution in [1.29, 1.82) is 0 Å². The van der Waals surface area contributed by atoms with Crippen LogP contribution in [0.3, 0.4) is 0 Å². The number of nitrogens with zero attached hydrogens (tertiary/aromatic N) is 3. The first-order valence-electron chi connectivity index (χ1n) is 8.06. The Balaban J connectivity index is 3.22. The van der Waals surface area contributed by atoms with Crippen molar-refractivity contribution in [3.63, 3.8) is 0 Å². The van der Waals surface area contributed by atoms with E-state index in [0.717, 1.165) is 17.4 Å². The third-order valence-corrected chi connectivity index (χ3v) is 3.28. The summed E-state index contributed by atoms with van der Waals surface area (Å²) < 4.78 is 8.11. The van der Waals surface area contributed by atoms with Crippen LogP contribution in [0.2, 0.25) is 0 Å². The quantitative estimate of drug-likeness (QED) is 0.581. The smallest absolute Gasteiger partial charge is 0.332 e. The van der Waals surface area contributed by atoms with Crippen LogP contribution < -0.4 is 11.2 Å².